The summed E-state index contributed by atoms with van der Waals surface area (Å²) in [4.78, 5) is 38.7. The van der Waals surface area contributed by atoms with Crippen molar-refractivity contribution in [2.45, 2.75) is 13.3 Å². The summed E-state index contributed by atoms with van der Waals surface area (Å²) in [7, 11) is 0. The summed E-state index contributed by atoms with van der Waals surface area (Å²) in [5.41, 5.74) is 2.97. The molecule has 2 aliphatic heterocycles. The third-order valence-corrected chi connectivity index (χ3v) is 6.21. The van der Waals surface area contributed by atoms with Crippen molar-refractivity contribution in [2.75, 3.05) is 0 Å². The Morgan fingerprint density at radius 2 is 1.90 bits per heavy atom. The predicted molar refractivity (Wildman–Crippen MR) is 124 cm³/mol. The van der Waals surface area contributed by atoms with E-state index in [1.165, 1.54) is 0 Å². The molecule has 2 amide bonds. The Balaban J connectivity index is 1.79. The number of allylic oxidation sites excluding steroid dienone is 6. The minimum Gasteiger partial charge on any atom is -0.272 e. The molecule has 1 aromatic carbocycles. The molecule has 150 valence electrons. The molecule has 0 spiro atoms. The molecule has 0 bridgehead atoms. The van der Waals surface area contributed by atoms with Crippen LogP contribution >= 0.6 is 23.4 Å². The molecule has 2 heterocycles. The van der Waals surface area contributed by atoms with E-state index >= 15 is 0 Å². The number of aliphatic imine (C=N–C) groups is 3. The highest BCUT2D eigenvalue weighted by Gasteiger charge is 2.34. The quantitative estimate of drug-likeness (QED) is 0.627. The van der Waals surface area contributed by atoms with Crippen molar-refractivity contribution in [3.8, 4) is 0 Å². The average Bonchev–Trinajstić information content (AvgIpc) is 2.72. The maximum absolute atomic E-state index is 13.0. The second-order valence-electron chi connectivity index (χ2n) is 6.98. The monoisotopic (exact) mass is 435 g/mol. The number of hydrogen-bond donors (Lipinski definition) is 0. The van der Waals surface area contributed by atoms with E-state index < -0.39 is 5.92 Å². The lowest BCUT2D eigenvalue weighted by Gasteiger charge is -2.27. The second kappa shape index (κ2) is 8.50. The van der Waals surface area contributed by atoms with Gasteiger partial charge in [0, 0.05) is 16.7 Å². The Kier molecular flexibility index (Phi) is 5.79. The van der Waals surface area contributed by atoms with Gasteiger partial charge in [-0.15, -0.1) is 6.58 Å². The Labute approximate surface area is 183 Å². The van der Waals surface area contributed by atoms with Crippen LogP contribution in [0.2, 0.25) is 0 Å². The van der Waals surface area contributed by atoms with Crippen molar-refractivity contribution >= 4 is 57.3 Å². The Hall–Kier alpha value is -2.83. The lowest BCUT2D eigenvalue weighted by molar-refractivity contribution is -0.119. The first-order valence-corrected chi connectivity index (χ1v) is 10.6. The summed E-state index contributed by atoms with van der Waals surface area (Å²) in [5.74, 6) is -1.31. The smallest absolute Gasteiger partial charge is 0.272 e. The van der Waals surface area contributed by atoms with Crippen LogP contribution in [0.5, 0.6) is 0 Å². The molecule has 4 rings (SSSR count). The molecule has 0 N–H and O–H groups in total. The number of dihydropyridines is 1. The lowest BCUT2D eigenvalue weighted by Crippen LogP contribution is -2.27. The molecule has 0 radical (unpaired) electrons. The van der Waals surface area contributed by atoms with E-state index in [4.69, 9.17) is 11.6 Å². The van der Waals surface area contributed by atoms with Gasteiger partial charge in [-0.25, -0.2) is 9.98 Å². The number of halogens is 1. The zero-order valence-corrected chi connectivity index (χ0v) is 17.8. The number of carbonyl (C=O) groups is 2. The molecule has 0 fully saturated rings. The number of amidine groups is 1. The standard InChI is InChI=1S/C23H18ClN3O2S/c1-3-7-16-13(2)25-23(27-21(16)28)30-20-19(14-8-5-4-6-9-14)17-12-15(24)10-11-18(17)26-22(20)29/h3-6,8-12,16-17H,1,7H2,2H3. The maximum atomic E-state index is 13.0. The van der Waals surface area contributed by atoms with Gasteiger partial charge >= 0.3 is 0 Å². The molecule has 7 heteroatoms. The van der Waals surface area contributed by atoms with Crippen molar-refractivity contribution < 1.29 is 9.59 Å². The molecule has 2 unspecified atom stereocenters. The van der Waals surface area contributed by atoms with Gasteiger partial charge in [0.2, 0.25) is 0 Å². The summed E-state index contributed by atoms with van der Waals surface area (Å²) >= 11 is 7.34. The van der Waals surface area contributed by atoms with Crippen LogP contribution in [0.25, 0.3) is 5.57 Å². The van der Waals surface area contributed by atoms with Gasteiger partial charge < -0.3 is 0 Å². The Morgan fingerprint density at radius 1 is 1.13 bits per heavy atom. The van der Waals surface area contributed by atoms with Crippen LogP contribution in [-0.4, -0.2) is 28.4 Å². The molecule has 2 atom stereocenters. The molecule has 0 aromatic heterocycles. The maximum Gasteiger partial charge on any atom is 0.284 e. The largest absolute Gasteiger partial charge is 0.284 e. The zero-order valence-electron chi connectivity index (χ0n) is 16.2. The van der Waals surface area contributed by atoms with E-state index in [0.29, 0.717) is 27.8 Å². The van der Waals surface area contributed by atoms with E-state index in [1.54, 1.807) is 25.2 Å². The normalized spacial score (nSPS) is 23.4. The second-order valence-corrected chi connectivity index (χ2v) is 8.39. The number of rotatable bonds is 4. The van der Waals surface area contributed by atoms with Gasteiger partial charge in [-0.05, 0) is 48.4 Å². The van der Waals surface area contributed by atoms with Gasteiger partial charge in [0.15, 0.2) is 5.17 Å². The molecule has 3 aliphatic rings. The van der Waals surface area contributed by atoms with Gasteiger partial charge in [-0.2, -0.15) is 4.99 Å². The van der Waals surface area contributed by atoms with Crippen molar-refractivity contribution in [3.63, 3.8) is 0 Å². The number of nitrogens with zero attached hydrogens (tertiary/aromatic N) is 3. The average molecular weight is 436 g/mol. The number of carbonyl (C=O) groups excluding carboxylic acids is 2. The molecule has 5 nitrogen and oxygen atoms in total. The highest BCUT2D eigenvalue weighted by molar-refractivity contribution is 8.18. The first-order chi connectivity index (χ1) is 14.5. The topological polar surface area (TPSA) is 71.2 Å². The van der Waals surface area contributed by atoms with E-state index in [2.05, 4.69) is 21.6 Å². The van der Waals surface area contributed by atoms with Crippen LogP contribution in [0, 0.1) is 11.8 Å². The zero-order chi connectivity index (χ0) is 21.3. The summed E-state index contributed by atoms with van der Waals surface area (Å²) in [6.07, 6.45) is 7.52. The number of fused-ring (bicyclic) bond motifs is 1. The van der Waals surface area contributed by atoms with Crippen LogP contribution in [-0.2, 0) is 9.59 Å². The summed E-state index contributed by atoms with van der Waals surface area (Å²) in [6, 6.07) is 9.61. The fourth-order valence-electron chi connectivity index (χ4n) is 3.54. The number of amides is 2. The molecule has 1 aliphatic carbocycles. The van der Waals surface area contributed by atoms with Crippen molar-refractivity contribution in [1.29, 1.82) is 0 Å². The van der Waals surface area contributed by atoms with Crippen LogP contribution < -0.4 is 0 Å². The highest BCUT2D eigenvalue weighted by atomic mass is 35.5. The number of thioether (sulfide) groups is 1. The SMILES string of the molecule is C=CCC1C(=O)N=C(SC2=C(c3ccccc3)C3C=C(Cl)C=CC3=NC2=O)N=C1C. The van der Waals surface area contributed by atoms with Gasteiger partial charge in [-0.1, -0.05) is 54.1 Å². The Bertz CT molecular complexity index is 1130. The number of hydrogen-bond acceptors (Lipinski definition) is 4. The Morgan fingerprint density at radius 3 is 2.60 bits per heavy atom. The van der Waals surface area contributed by atoms with Crippen LogP contribution in [0.15, 0.2) is 86.1 Å². The molecular formula is C23H18ClN3O2S. The highest BCUT2D eigenvalue weighted by Crippen LogP contribution is 2.41. The van der Waals surface area contributed by atoms with E-state index in [9.17, 15) is 9.59 Å². The molecule has 1 aromatic rings. The predicted octanol–water partition coefficient (Wildman–Crippen LogP) is 4.97. The first-order valence-electron chi connectivity index (χ1n) is 9.42. The third kappa shape index (κ3) is 3.93. The fraction of sp³-hybridized carbons (Fsp3) is 0.174. The van der Waals surface area contributed by atoms with Crippen LogP contribution in [0.3, 0.4) is 0 Å². The van der Waals surface area contributed by atoms with Crippen molar-refractivity contribution in [2.24, 2.45) is 26.8 Å². The lowest BCUT2D eigenvalue weighted by atomic mass is 9.84. The minimum absolute atomic E-state index is 0.245. The number of benzene rings is 1. The molecule has 0 saturated heterocycles. The van der Waals surface area contributed by atoms with Gasteiger partial charge in [0.25, 0.3) is 11.8 Å². The summed E-state index contributed by atoms with van der Waals surface area (Å²) in [5, 5.41) is 0.826. The fourth-order valence-corrected chi connectivity index (χ4v) is 4.72. The van der Waals surface area contributed by atoms with Crippen molar-refractivity contribution in [1.82, 2.24) is 0 Å². The third-order valence-electron chi connectivity index (χ3n) is 5.00. The van der Waals surface area contributed by atoms with Gasteiger partial charge in [-0.3, -0.25) is 9.59 Å². The van der Waals surface area contributed by atoms with Crippen molar-refractivity contribution in [3.05, 3.63) is 76.7 Å². The van der Waals surface area contributed by atoms with Gasteiger partial charge in [0.1, 0.15) is 0 Å². The van der Waals surface area contributed by atoms with Crippen LogP contribution in [0.4, 0.5) is 0 Å². The van der Waals surface area contributed by atoms with Crippen LogP contribution in [0.1, 0.15) is 18.9 Å². The van der Waals surface area contributed by atoms with E-state index in [0.717, 1.165) is 22.9 Å². The first kappa shape index (κ1) is 20.4. The van der Waals surface area contributed by atoms with E-state index in [1.807, 2.05) is 36.4 Å². The molecule has 30 heavy (non-hydrogen) atoms. The van der Waals surface area contributed by atoms with E-state index in [-0.39, 0.29) is 22.9 Å². The summed E-state index contributed by atoms with van der Waals surface area (Å²) in [6.45, 7) is 5.48. The minimum atomic E-state index is -0.397. The molecular weight excluding hydrogens is 418 g/mol. The van der Waals surface area contributed by atoms with Gasteiger partial charge in [0.05, 0.1) is 16.5 Å². The summed E-state index contributed by atoms with van der Waals surface area (Å²) < 4.78 is 0. The molecule has 0 saturated carbocycles.